The molecule has 2 aromatic heterocycles. The molecule has 0 saturated carbocycles. The molecule has 7 heteroatoms. The van der Waals surface area contributed by atoms with Crippen LogP contribution < -0.4 is 15.4 Å². The Balaban J connectivity index is 1.51. The number of anilines is 1. The molecule has 1 atom stereocenters. The lowest BCUT2D eigenvalue weighted by Crippen LogP contribution is -2.35. The van der Waals surface area contributed by atoms with E-state index in [9.17, 15) is 4.79 Å². The van der Waals surface area contributed by atoms with Gasteiger partial charge in [-0.1, -0.05) is 18.2 Å². The highest BCUT2D eigenvalue weighted by Crippen LogP contribution is 2.31. The van der Waals surface area contributed by atoms with Gasteiger partial charge in [0.15, 0.2) is 5.65 Å². The minimum Gasteiger partial charge on any atom is -0.493 e. The van der Waals surface area contributed by atoms with Gasteiger partial charge in [-0.05, 0) is 19.1 Å². The number of carbonyl (C=O) groups is 1. The average Bonchev–Trinajstić information content (AvgIpc) is 2.89. The average molecular weight is 337 g/mol. The van der Waals surface area contributed by atoms with E-state index in [4.69, 9.17) is 4.74 Å². The number of hydrogen-bond donors (Lipinski definition) is 2. The summed E-state index contributed by atoms with van der Waals surface area (Å²) in [6, 6.07) is 9.34. The summed E-state index contributed by atoms with van der Waals surface area (Å²) in [5.74, 6) is 0.827. The minimum atomic E-state index is -0.260. The van der Waals surface area contributed by atoms with Crippen molar-refractivity contribution in [1.29, 1.82) is 0 Å². The molecule has 25 heavy (non-hydrogen) atoms. The maximum absolute atomic E-state index is 12.4. The predicted molar refractivity (Wildman–Crippen MR) is 94.7 cm³/mol. The number of nitrogens with zero attached hydrogens (tertiary/aromatic N) is 3. The quantitative estimate of drug-likeness (QED) is 0.753. The summed E-state index contributed by atoms with van der Waals surface area (Å²) in [7, 11) is 1.85. The molecule has 0 fully saturated rings. The Labute approximate surface area is 145 Å². The van der Waals surface area contributed by atoms with Crippen LogP contribution in [0.25, 0.3) is 11.0 Å². The lowest BCUT2D eigenvalue weighted by Gasteiger charge is -2.26. The molecule has 1 aliphatic heterocycles. The lowest BCUT2D eigenvalue weighted by molar-refractivity contribution is 0.232. The molecule has 4 rings (SSSR count). The molecule has 0 unspecified atom stereocenters. The highest BCUT2D eigenvalue weighted by Gasteiger charge is 2.22. The van der Waals surface area contributed by atoms with E-state index in [0.717, 1.165) is 34.5 Å². The van der Waals surface area contributed by atoms with Gasteiger partial charge in [0.2, 0.25) is 0 Å². The number of ether oxygens (including phenoxy) is 1. The van der Waals surface area contributed by atoms with Gasteiger partial charge in [-0.15, -0.1) is 0 Å². The molecule has 128 valence electrons. The molecule has 2 N–H and O–H groups in total. The Morgan fingerprint density at radius 2 is 2.20 bits per heavy atom. The van der Waals surface area contributed by atoms with Crippen LogP contribution in [-0.2, 0) is 7.05 Å². The molecule has 0 radical (unpaired) electrons. The van der Waals surface area contributed by atoms with Crippen LogP contribution in [0.5, 0.6) is 5.75 Å². The highest BCUT2D eigenvalue weighted by molar-refractivity contribution is 5.92. The van der Waals surface area contributed by atoms with E-state index in [1.165, 1.54) is 0 Å². The number of hydrogen-bond acceptors (Lipinski definition) is 4. The number of aromatic nitrogens is 3. The Morgan fingerprint density at radius 1 is 1.36 bits per heavy atom. The van der Waals surface area contributed by atoms with Crippen LogP contribution in [0.1, 0.15) is 23.7 Å². The molecule has 7 nitrogen and oxygen atoms in total. The highest BCUT2D eigenvalue weighted by atomic mass is 16.5. The van der Waals surface area contributed by atoms with E-state index in [1.54, 1.807) is 10.9 Å². The Bertz CT molecular complexity index is 950. The molecule has 0 spiro atoms. The second-order valence-corrected chi connectivity index (χ2v) is 6.13. The van der Waals surface area contributed by atoms with Crippen molar-refractivity contribution in [1.82, 2.24) is 20.1 Å². The summed E-state index contributed by atoms with van der Waals surface area (Å²) in [6.45, 7) is 2.51. The van der Waals surface area contributed by atoms with Crippen molar-refractivity contribution in [2.24, 2.45) is 7.05 Å². The Kier molecular flexibility index (Phi) is 3.76. The molecule has 0 saturated heterocycles. The van der Waals surface area contributed by atoms with E-state index < -0.39 is 0 Å². The number of fused-ring (bicyclic) bond motifs is 2. The summed E-state index contributed by atoms with van der Waals surface area (Å²) in [5, 5.41) is 11.1. The fourth-order valence-electron chi connectivity index (χ4n) is 3.19. The van der Waals surface area contributed by atoms with Crippen molar-refractivity contribution in [3.05, 3.63) is 47.8 Å². The third-order valence-electron chi connectivity index (χ3n) is 4.38. The maximum Gasteiger partial charge on any atom is 0.319 e. The van der Waals surface area contributed by atoms with Gasteiger partial charge in [0, 0.05) is 24.4 Å². The van der Waals surface area contributed by atoms with Crippen molar-refractivity contribution in [3.8, 4) is 5.75 Å². The number of aryl methyl sites for hydroxylation is 2. The number of urea groups is 1. The zero-order valence-electron chi connectivity index (χ0n) is 14.1. The molecular formula is C18H19N5O2. The summed E-state index contributed by atoms with van der Waals surface area (Å²) < 4.78 is 7.36. The van der Waals surface area contributed by atoms with Crippen molar-refractivity contribution < 1.29 is 9.53 Å². The van der Waals surface area contributed by atoms with E-state index in [1.807, 2.05) is 44.3 Å². The van der Waals surface area contributed by atoms with Gasteiger partial charge in [0.1, 0.15) is 5.75 Å². The first-order valence-corrected chi connectivity index (χ1v) is 8.20. The fourth-order valence-corrected chi connectivity index (χ4v) is 3.19. The molecule has 2 amide bonds. The van der Waals surface area contributed by atoms with Gasteiger partial charge in [0.05, 0.1) is 30.2 Å². The molecular weight excluding hydrogens is 318 g/mol. The van der Waals surface area contributed by atoms with Crippen LogP contribution in [0.15, 0.2) is 36.5 Å². The van der Waals surface area contributed by atoms with Gasteiger partial charge in [-0.2, -0.15) is 5.10 Å². The SMILES string of the molecule is Cc1nn(C)c2ncc(NC(=O)N[C@H]3CCOc4ccccc43)cc12. The number of benzene rings is 1. The molecule has 0 bridgehead atoms. The van der Waals surface area contributed by atoms with Crippen molar-refractivity contribution in [2.75, 3.05) is 11.9 Å². The number of rotatable bonds is 2. The fraction of sp³-hybridized carbons (Fsp3) is 0.278. The first-order chi connectivity index (χ1) is 12.1. The molecule has 1 aliphatic rings. The number of pyridine rings is 1. The van der Waals surface area contributed by atoms with Crippen LogP contribution in [0.2, 0.25) is 0 Å². The first kappa shape index (κ1) is 15.4. The van der Waals surface area contributed by atoms with E-state index in [0.29, 0.717) is 12.3 Å². The van der Waals surface area contributed by atoms with Crippen molar-refractivity contribution in [2.45, 2.75) is 19.4 Å². The number of carbonyl (C=O) groups excluding carboxylic acids is 1. The van der Waals surface area contributed by atoms with Gasteiger partial charge in [-0.25, -0.2) is 9.78 Å². The second-order valence-electron chi connectivity index (χ2n) is 6.13. The Morgan fingerprint density at radius 3 is 3.08 bits per heavy atom. The number of amides is 2. The Hall–Kier alpha value is -3.09. The smallest absolute Gasteiger partial charge is 0.319 e. The van der Waals surface area contributed by atoms with E-state index in [-0.39, 0.29) is 12.1 Å². The van der Waals surface area contributed by atoms with Crippen LogP contribution in [0, 0.1) is 6.92 Å². The van der Waals surface area contributed by atoms with E-state index in [2.05, 4.69) is 20.7 Å². The molecule has 0 aliphatic carbocycles. The van der Waals surface area contributed by atoms with Crippen LogP contribution >= 0.6 is 0 Å². The largest absolute Gasteiger partial charge is 0.493 e. The molecule has 3 heterocycles. The standard InChI is InChI=1S/C18H19N5O2/c1-11-14-9-12(10-19-17(14)23(2)22-11)20-18(24)21-15-7-8-25-16-6-4-3-5-13(15)16/h3-6,9-10,15H,7-8H2,1-2H3,(H2,20,21,24)/t15-/m0/s1. The van der Waals surface area contributed by atoms with Gasteiger partial charge in [0.25, 0.3) is 0 Å². The monoisotopic (exact) mass is 337 g/mol. The normalized spacial score (nSPS) is 16.2. The summed E-state index contributed by atoms with van der Waals surface area (Å²) in [4.78, 5) is 16.8. The van der Waals surface area contributed by atoms with Gasteiger partial charge >= 0.3 is 6.03 Å². The summed E-state index contributed by atoms with van der Waals surface area (Å²) in [6.07, 6.45) is 2.38. The summed E-state index contributed by atoms with van der Waals surface area (Å²) in [5.41, 5.74) is 3.32. The van der Waals surface area contributed by atoms with Crippen molar-refractivity contribution >= 4 is 22.8 Å². The third-order valence-corrected chi connectivity index (χ3v) is 4.38. The van der Waals surface area contributed by atoms with Gasteiger partial charge < -0.3 is 15.4 Å². The van der Waals surface area contributed by atoms with Crippen LogP contribution in [0.4, 0.5) is 10.5 Å². The lowest BCUT2D eigenvalue weighted by atomic mass is 10.0. The number of nitrogens with one attached hydrogen (secondary N) is 2. The first-order valence-electron chi connectivity index (χ1n) is 8.20. The predicted octanol–water partition coefficient (Wildman–Crippen LogP) is 2.92. The number of para-hydroxylation sites is 1. The van der Waals surface area contributed by atoms with E-state index >= 15 is 0 Å². The maximum atomic E-state index is 12.4. The minimum absolute atomic E-state index is 0.0678. The van der Waals surface area contributed by atoms with Crippen molar-refractivity contribution in [3.63, 3.8) is 0 Å². The van der Waals surface area contributed by atoms with Gasteiger partial charge in [-0.3, -0.25) is 4.68 Å². The zero-order chi connectivity index (χ0) is 17.4. The molecule has 1 aromatic carbocycles. The third kappa shape index (κ3) is 2.88. The van der Waals surface area contributed by atoms with Crippen LogP contribution in [0.3, 0.4) is 0 Å². The second kappa shape index (κ2) is 6.08. The molecule has 3 aromatic rings. The topological polar surface area (TPSA) is 81.1 Å². The zero-order valence-corrected chi connectivity index (χ0v) is 14.1. The van der Waals surface area contributed by atoms with Crippen LogP contribution in [-0.4, -0.2) is 27.4 Å². The summed E-state index contributed by atoms with van der Waals surface area (Å²) >= 11 is 0.